The molecule has 23 heavy (non-hydrogen) atoms. The highest BCUT2D eigenvalue weighted by molar-refractivity contribution is 6.07. The maximum Gasteiger partial charge on any atom is 0.235 e. The van der Waals surface area contributed by atoms with E-state index in [2.05, 4.69) is 21.6 Å². The van der Waals surface area contributed by atoms with Crippen molar-refractivity contribution in [3.63, 3.8) is 0 Å². The molecule has 0 heterocycles. The maximum atomic E-state index is 12.4. The summed E-state index contributed by atoms with van der Waals surface area (Å²) in [4.78, 5) is 26.7. The summed E-state index contributed by atoms with van der Waals surface area (Å²) in [6.45, 7) is 2.23. The largest absolute Gasteiger partial charge is 0.355 e. The van der Waals surface area contributed by atoms with Crippen molar-refractivity contribution in [1.82, 2.24) is 15.5 Å². The second kappa shape index (κ2) is 8.48. The molecule has 1 saturated carbocycles. The molecule has 2 amide bonds. The van der Waals surface area contributed by atoms with E-state index < -0.39 is 5.41 Å². The minimum atomic E-state index is -0.779. The Balaban J connectivity index is 1.68. The van der Waals surface area contributed by atoms with Crippen LogP contribution in [0.2, 0.25) is 0 Å². The topological polar surface area (TPSA) is 61.4 Å². The Bertz CT molecular complexity index is 453. The Morgan fingerprint density at radius 1 is 1.13 bits per heavy atom. The van der Waals surface area contributed by atoms with E-state index in [1.807, 2.05) is 14.1 Å². The van der Waals surface area contributed by atoms with Crippen molar-refractivity contribution in [2.24, 2.45) is 5.41 Å². The molecule has 0 aromatic carbocycles. The van der Waals surface area contributed by atoms with Gasteiger partial charge in [-0.3, -0.25) is 9.59 Å². The Kier molecular flexibility index (Phi) is 6.63. The summed E-state index contributed by atoms with van der Waals surface area (Å²) in [5.41, 5.74) is 0.675. The molecule has 0 aromatic rings. The average molecular weight is 321 g/mol. The van der Waals surface area contributed by atoms with Gasteiger partial charge in [0, 0.05) is 13.1 Å². The van der Waals surface area contributed by atoms with Crippen LogP contribution in [0.1, 0.15) is 51.4 Å². The predicted molar refractivity (Wildman–Crippen MR) is 92.0 cm³/mol. The molecule has 5 heteroatoms. The van der Waals surface area contributed by atoms with Crippen molar-refractivity contribution in [3.05, 3.63) is 11.6 Å². The molecule has 0 aliphatic heterocycles. The summed E-state index contributed by atoms with van der Waals surface area (Å²) in [6.07, 6.45) is 10.4. The first-order chi connectivity index (χ1) is 11.0. The minimum Gasteiger partial charge on any atom is -0.355 e. The number of hydrogen-bond acceptors (Lipinski definition) is 3. The van der Waals surface area contributed by atoms with Gasteiger partial charge >= 0.3 is 0 Å². The van der Waals surface area contributed by atoms with E-state index in [0.29, 0.717) is 25.9 Å². The van der Waals surface area contributed by atoms with E-state index in [9.17, 15) is 9.59 Å². The summed E-state index contributed by atoms with van der Waals surface area (Å²) < 4.78 is 0. The van der Waals surface area contributed by atoms with Crippen molar-refractivity contribution < 1.29 is 9.59 Å². The van der Waals surface area contributed by atoms with Crippen molar-refractivity contribution in [3.8, 4) is 0 Å². The standard InChI is InChI=1S/C18H31N3O2/c1-21(2)14-6-12-19-16(22)18(10-11-18)17(23)20-13-9-15-7-4-3-5-8-15/h7H,3-6,8-14H2,1-2H3,(H,19,22)(H,20,23). The van der Waals surface area contributed by atoms with Crippen molar-refractivity contribution >= 4 is 11.8 Å². The fourth-order valence-corrected chi connectivity index (χ4v) is 3.09. The molecule has 0 spiro atoms. The van der Waals surface area contributed by atoms with Gasteiger partial charge in [0.25, 0.3) is 0 Å². The third-order valence-electron chi connectivity index (χ3n) is 4.80. The van der Waals surface area contributed by atoms with Gasteiger partial charge in [-0.1, -0.05) is 11.6 Å². The molecule has 2 aliphatic rings. The Morgan fingerprint density at radius 3 is 2.39 bits per heavy atom. The summed E-state index contributed by atoms with van der Waals surface area (Å²) in [7, 11) is 4.03. The van der Waals surface area contributed by atoms with E-state index in [-0.39, 0.29) is 11.8 Å². The lowest BCUT2D eigenvalue weighted by molar-refractivity contribution is -0.137. The third kappa shape index (κ3) is 5.34. The van der Waals surface area contributed by atoms with Crippen LogP contribution in [0.3, 0.4) is 0 Å². The number of allylic oxidation sites excluding steroid dienone is 1. The van der Waals surface area contributed by atoms with Gasteiger partial charge in [-0.15, -0.1) is 0 Å². The van der Waals surface area contributed by atoms with Gasteiger partial charge in [-0.2, -0.15) is 0 Å². The van der Waals surface area contributed by atoms with Crippen molar-refractivity contribution in [2.45, 2.75) is 51.4 Å². The van der Waals surface area contributed by atoms with Crippen LogP contribution < -0.4 is 10.6 Å². The first-order valence-electron chi connectivity index (χ1n) is 8.94. The summed E-state index contributed by atoms with van der Waals surface area (Å²) in [5, 5.41) is 5.90. The van der Waals surface area contributed by atoms with Gasteiger partial charge in [-0.05, 0) is 72.0 Å². The maximum absolute atomic E-state index is 12.4. The molecule has 0 bridgehead atoms. The molecule has 5 nitrogen and oxygen atoms in total. The number of amides is 2. The van der Waals surface area contributed by atoms with Crippen molar-refractivity contribution in [2.75, 3.05) is 33.7 Å². The molecule has 0 saturated heterocycles. The molecule has 0 radical (unpaired) electrons. The highest BCUT2D eigenvalue weighted by atomic mass is 16.2. The predicted octanol–water partition coefficient (Wildman–Crippen LogP) is 1.84. The molecule has 2 rings (SSSR count). The van der Waals surface area contributed by atoms with Gasteiger partial charge < -0.3 is 15.5 Å². The van der Waals surface area contributed by atoms with Crippen LogP contribution in [-0.4, -0.2) is 50.4 Å². The van der Waals surface area contributed by atoms with Crippen LogP contribution in [-0.2, 0) is 9.59 Å². The molecule has 0 aromatic heterocycles. The first-order valence-corrected chi connectivity index (χ1v) is 8.94. The number of rotatable bonds is 9. The smallest absolute Gasteiger partial charge is 0.235 e. The van der Waals surface area contributed by atoms with E-state index in [0.717, 1.165) is 25.8 Å². The first kappa shape index (κ1) is 18.0. The Labute approximate surface area is 139 Å². The lowest BCUT2D eigenvalue weighted by atomic mass is 9.97. The van der Waals surface area contributed by atoms with E-state index >= 15 is 0 Å². The van der Waals surface area contributed by atoms with E-state index in [1.165, 1.54) is 24.8 Å². The monoisotopic (exact) mass is 321 g/mol. The van der Waals surface area contributed by atoms with Crippen LogP contribution in [0.5, 0.6) is 0 Å². The van der Waals surface area contributed by atoms with Crippen molar-refractivity contribution in [1.29, 1.82) is 0 Å². The molecular weight excluding hydrogens is 290 g/mol. The lowest BCUT2D eigenvalue weighted by Gasteiger charge is -2.17. The van der Waals surface area contributed by atoms with Crippen LogP contribution in [0.4, 0.5) is 0 Å². The third-order valence-corrected chi connectivity index (χ3v) is 4.80. The zero-order chi connectivity index (χ0) is 16.7. The van der Waals surface area contributed by atoms with E-state index in [1.54, 1.807) is 0 Å². The number of nitrogens with one attached hydrogen (secondary N) is 2. The molecule has 0 atom stereocenters. The Morgan fingerprint density at radius 2 is 1.83 bits per heavy atom. The molecule has 2 aliphatic carbocycles. The molecule has 0 unspecified atom stereocenters. The quantitative estimate of drug-likeness (QED) is 0.387. The number of carbonyl (C=O) groups is 2. The van der Waals surface area contributed by atoms with Gasteiger partial charge in [0.05, 0.1) is 0 Å². The Hall–Kier alpha value is -1.36. The fraction of sp³-hybridized carbons (Fsp3) is 0.778. The summed E-state index contributed by atoms with van der Waals surface area (Å²) in [6, 6.07) is 0. The second-order valence-corrected chi connectivity index (χ2v) is 7.11. The molecule has 2 N–H and O–H groups in total. The van der Waals surface area contributed by atoms with Crippen LogP contribution >= 0.6 is 0 Å². The zero-order valence-corrected chi connectivity index (χ0v) is 14.6. The minimum absolute atomic E-state index is 0.0842. The molecule has 1 fully saturated rings. The van der Waals surface area contributed by atoms with Crippen LogP contribution in [0, 0.1) is 5.41 Å². The second-order valence-electron chi connectivity index (χ2n) is 7.11. The lowest BCUT2D eigenvalue weighted by Crippen LogP contribution is -2.43. The van der Waals surface area contributed by atoms with Gasteiger partial charge in [0.15, 0.2) is 0 Å². The van der Waals surface area contributed by atoms with Gasteiger partial charge in [0.1, 0.15) is 5.41 Å². The highest BCUT2D eigenvalue weighted by Gasteiger charge is 2.56. The molecular formula is C18H31N3O2. The van der Waals surface area contributed by atoms with Crippen LogP contribution in [0.25, 0.3) is 0 Å². The zero-order valence-electron chi connectivity index (χ0n) is 14.6. The number of nitrogens with zero attached hydrogens (tertiary/aromatic N) is 1. The highest BCUT2D eigenvalue weighted by Crippen LogP contribution is 2.46. The SMILES string of the molecule is CN(C)CCCNC(=O)C1(C(=O)NCCC2=CCCCC2)CC1. The average Bonchev–Trinajstić information content (AvgIpc) is 3.34. The normalized spacial score (nSPS) is 19.2. The van der Waals surface area contributed by atoms with E-state index in [4.69, 9.17) is 0 Å². The fourth-order valence-electron chi connectivity index (χ4n) is 3.09. The van der Waals surface area contributed by atoms with Gasteiger partial charge in [0.2, 0.25) is 11.8 Å². The number of hydrogen-bond donors (Lipinski definition) is 2. The summed E-state index contributed by atoms with van der Waals surface area (Å²) >= 11 is 0. The number of carbonyl (C=O) groups excluding carboxylic acids is 2. The van der Waals surface area contributed by atoms with Crippen LogP contribution in [0.15, 0.2) is 11.6 Å². The van der Waals surface area contributed by atoms with Gasteiger partial charge in [-0.25, -0.2) is 0 Å². The summed E-state index contributed by atoms with van der Waals surface area (Å²) in [5.74, 6) is -0.176. The molecule has 130 valence electrons.